The van der Waals surface area contributed by atoms with Crippen molar-refractivity contribution in [1.29, 1.82) is 0 Å². The van der Waals surface area contributed by atoms with Crippen LogP contribution in [0.25, 0.3) is 5.65 Å². The molecule has 0 unspecified atom stereocenters. The highest BCUT2D eigenvalue weighted by molar-refractivity contribution is 5.51. The van der Waals surface area contributed by atoms with Crippen LogP contribution in [0.1, 0.15) is 30.6 Å². The second-order valence-corrected chi connectivity index (χ2v) is 6.32. The topological polar surface area (TPSA) is 45.5 Å². The molecule has 1 aliphatic rings. The van der Waals surface area contributed by atoms with Crippen LogP contribution in [0.5, 0.6) is 0 Å². The molecular weight excluding hydrogens is 298 g/mol. The molecule has 2 aromatic heterocycles. The van der Waals surface area contributed by atoms with E-state index in [1.165, 1.54) is 5.56 Å². The van der Waals surface area contributed by atoms with E-state index in [2.05, 4.69) is 58.6 Å². The average Bonchev–Trinajstić information content (AvgIpc) is 3.11. The lowest BCUT2D eigenvalue weighted by molar-refractivity contribution is 0.467. The number of fused-ring (bicyclic) bond motifs is 1. The second kappa shape index (κ2) is 6.61. The van der Waals surface area contributed by atoms with Crippen LogP contribution in [0.3, 0.4) is 0 Å². The highest BCUT2D eigenvalue weighted by atomic mass is 15.4. The van der Waals surface area contributed by atoms with E-state index in [9.17, 15) is 0 Å². The Hall–Kier alpha value is -2.40. The molecule has 0 aliphatic carbocycles. The van der Waals surface area contributed by atoms with Crippen LogP contribution in [0.15, 0.2) is 48.7 Å². The molecule has 0 bridgehead atoms. The molecular formula is C19H23N5. The highest BCUT2D eigenvalue weighted by Gasteiger charge is 2.23. The summed E-state index contributed by atoms with van der Waals surface area (Å²) < 4.78 is 1.96. The van der Waals surface area contributed by atoms with Crippen LogP contribution in [-0.4, -0.2) is 34.2 Å². The molecule has 4 rings (SSSR count). The fraction of sp³-hybridized carbons (Fsp3) is 0.368. The van der Waals surface area contributed by atoms with Gasteiger partial charge >= 0.3 is 0 Å². The largest absolute Gasteiger partial charge is 0.353 e. The van der Waals surface area contributed by atoms with Crippen molar-refractivity contribution in [2.75, 3.05) is 24.5 Å². The average molecular weight is 321 g/mol. The number of hydrogen-bond donors (Lipinski definition) is 1. The third kappa shape index (κ3) is 2.87. The van der Waals surface area contributed by atoms with Gasteiger partial charge in [0.05, 0.1) is 6.20 Å². The van der Waals surface area contributed by atoms with Gasteiger partial charge in [-0.2, -0.15) is 9.61 Å². The number of benzene rings is 1. The molecule has 0 spiro atoms. The van der Waals surface area contributed by atoms with Crippen molar-refractivity contribution in [1.82, 2.24) is 19.9 Å². The van der Waals surface area contributed by atoms with Crippen molar-refractivity contribution in [3.63, 3.8) is 0 Å². The maximum absolute atomic E-state index is 4.72. The van der Waals surface area contributed by atoms with E-state index in [0.29, 0.717) is 6.04 Å². The zero-order valence-corrected chi connectivity index (χ0v) is 14.0. The monoisotopic (exact) mass is 321 g/mol. The minimum absolute atomic E-state index is 0.341. The van der Waals surface area contributed by atoms with Crippen molar-refractivity contribution < 1.29 is 0 Å². The van der Waals surface area contributed by atoms with Crippen LogP contribution in [0.2, 0.25) is 0 Å². The highest BCUT2D eigenvalue weighted by Crippen LogP contribution is 2.24. The predicted molar refractivity (Wildman–Crippen MR) is 96.4 cm³/mol. The summed E-state index contributed by atoms with van der Waals surface area (Å²) in [5.74, 6) is 1.15. The van der Waals surface area contributed by atoms with Crippen LogP contribution in [0, 0.1) is 0 Å². The minimum Gasteiger partial charge on any atom is -0.353 e. The van der Waals surface area contributed by atoms with E-state index < -0.39 is 0 Å². The van der Waals surface area contributed by atoms with Crippen molar-refractivity contribution in [2.45, 2.75) is 25.8 Å². The second-order valence-electron chi connectivity index (χ2n) is 6.32. The van der Waals surface area contributed by atoms with Crippen LogP contribution in [0.4, 0.5) is 5.82 Å². The summed E-state index contributed by atoms with van der Waals surface area (Å²) in [6, 6.07) is 15.2. The maximum Gasteiger partial charge on any atom is 0.157 e. The van der Waals surface area contributed by atoms with E-state index in [4.69, 9.17) is 4.98 Å². The summed E-state index contributed by atoms with van der Waals surface area (Å²) in [6.45, 7) is 5.08. The van der Waals surface area contributed by atoms with Crippen molar-refractivity contribution in [3.05, 3.63) is 59.9 Å². The first kappa shape index (κ1) is 15.1. The molecule has 0 amide bonds. The molecule has 3 heterocycles. The zero-order valence-electron chi connectivity index (χ0n) is 14.0. The Morgan fingerprint density at radius 2 is 2.08 bits per heavy atom. The lowest BCUT2D eigenvalue weighted by Gasteiger charge is -2.35. The first-order valence-electron chi connectivity index (χ1n) is 8.72. The number of rotatable bonds is 4. The SMILES string of the molecule is CCCc1cc(N2CCN[C@H](c3ccccc3)C2)n2nccc2n1. The van der Waals surface area contributed by atoms with E-state index in [-0.39, 0.29) is 0 Å². The van der Waals surface area contributed by atoms with Gasteiger partial charge in [0.1, 0.15) is 5.82 Å². The van der Waals surface area contributed by atoms with E-state index in [1.54, 1.807) is 0 Å². The Bertz CT molecular complexity index is 811. The van der Waals surface area contributed by atoms with Gasteiger partial charge < -0.3 is 10.2 Å². The molecule has 1 N–H and O–H groups in total. The minimum atomic E-state index is 0.341. The molecule has 24 heavy (non-hydrogen) atoms. The first-order chi connectivity index (χ1) is 11.8. The zero-order chi connectivity index (χ0) is 16.4. The smallest absolute Gasteiger partial charge is 0.157 e. The number of anilines is 1. The lowest BCUT2D eigenvalue weighted by atomic mass is 10.0. The van der Waals surface area contributed by atoms with Gasteiger partial charge in [-0.05, 0) is 12.0 Å². The summed E-state index contributed by atoms with van der Waals surface area (Å²) in [5.41, 5.74) is 3.42. The molecule has 3 aromatic rings. The van der Waals surface area contributed by atoms with Crippen molar-refractivity contribution in [2.24, 2.45) is 0 Å². The number of aryl methyl sites for hydroxylation is 1. The normalized spacial score (nSPS) is 18.2. The van der Waals surface area contributed by atoms with Gasteiger partial charge in [0, 0.05) is 43.5 Å². The third-order valence-electron chi connectivity index (χ3n) is 4.60. The molecule has 0 radical (unpaired) electrons. The number of hydrogen-bond acceptors (Lipinski definition) is 4. The van der Waals surface area contributed by atoms with Crippen molar-refractivity contribution >= 4 is 11.5 Å². The Morgan fingerprint density at radius 3 is 2.92 bits per heavy atom. The van der Waals surface area contributed by atoms with Crippen molar-refractivity contribution in [3.8, 4) is 0 Å². The number of nitrogens with one attached hydrogen (secondary N) is 1. The number of piperazine rings is 1. The molecule has 5 heteroatoms. The standard InChI is InChI=1S/C19H23N5/c1-2-6-16-13-19(24-18(22-16)9-10-21-24)23-12-11-20-17(14-23)15-7-4-3-5-8-15/h3-5,7-10,13,17,20H,2,6,11-12,14H2,1H3/t17-/m0/s1. The van der Waals surface area contributed by atoms with E-state index in [0.717, 1.165) is 49.6 Å². The van der Waals surface area contributed by atoms with Gasteiger partial charge in [-0.3, -0.25) is 0 Å². The van der Waals surface area contributed by atoms with Gasteiger partial charge in [-0.1, -0.05) is 43.7 Å². The fourth-order valence-corrected chi connectivity index (χ4v) is 3.42. The maximum atomic E-state index is 4.72. The van der Waals surface area contributed by atoms with Gasteiger partial charge in [-0.25, -0.2) is 4.98 Å². The molecule has 1 aromatic carbocycles. The molecule has 5 nitrogen and oxygen atoms in total. The summed E-state index contributed by atoms with van der Waals surface area (Å²) in [5, 5.41) is 8.11. The van der Waals surface area contributed by atoms with E-state index >= 15 is 0 Å². The predicted octanol–water partition coefficient (Wildman–Crippen LogP) is 2.83. The number of aromatic nitrogens is 3. The van der Waals surface area contributed by atoms with Crippen LogP contribution in [-0.2, 0) is 6.42 Å². The molecule has 1 fully saturated rings. The summed E-state index contributed by atoms with van der Waals surface area (Å²) >= 11 is 0. The van der Waals surface area contributed by atoms with Gasteiger partial charge in [0.15, 0.2) is 5.65 Å². The van der Waals surface area contributed by atoms with Crippen LogP contribution < -0.4 is 10.2 Å². The van der Waals surface area contributed by atoms with E-state index in [1.807, 2.05) is 16.8 Å². The van der Waals surface area contributed by atoms with Gasteiger partial charge in [0.25, 0.3) is 0 Å². The molecule has 1 saturated heterocycles. The quantitative estimate of drug-likeness (QED) is 0.802. The third-order valence-corrected chi connectivity index (χ3v) is 4.60. The number of nitrogens with zero attached hydrogens (tertiary/aromatic N) is 4. The first-order valence-corrected chi connectivity index (χ1v) is 8.72. The molecule has 124 valence electrons. The Labute approximate surface area is 142 Å². The summed E-state index contributed by atoms with van der Waals surface area (Å²) in [7, 11) is 0. The summed E-state index contributed by atoms with van der Waals surface area (Å²) in [6.07, 6.45) is 3.94. The molecule has 1 atom stereocenters. The molecule has 1 aliphatic heterocycles. The fourth-order valence-electron chi connectivity index (χ4n) is 3.42. The summed E-state index contributed by atoms with van der Waals surface area (Å²) in [4.78, 5) is 7.14. The molecule has 0 saturated carbocycles. The van der Waals surface area contributed by atoms with Gasteiger partial charge in [0.2, 0.25) is 0 Å². The van der Waals surface area contributed by atoms with Crippen LogP contribution >= 0.6 is 0 Å². The van der Waals surface area contributed by atoms with Gasteiger partial charge in [-0.15, -0.1) is 0 Å². The lowest BCUT2D eigenvalue weighted by Crippen LogP contribution is -2.46. The Balaban J connectivity index is 1.67. The Morgan fingerprint density at radius 1 is 1.21 bits per heavy atom. The Kier molecular flexibility index (Phi) is 4.17.